The Morgan fingerprint density at radius 2 is 1.14 bits per heavy atom. The fourth-order valence-electron chi connectivity index (χ4n) is 3.42. The number of ether oxygens (including phenoxy) is 2. The van der Waals surface area contributed by atoms with Crippen molar-refractivity contribution < 1.29 is 13.9 Å². The Kier molecular flexibility index (Phi) is 5.30. The number of furan rings is 1. The van der Waals surface area contributed by atoms with E-state index in [0.717, 1.165) is 44.7 Å². The maximum atomic E-state index is 5.80. The van der Waals surface area contributed by atoms with Gasteiger partial charge in [-0.2, -0.15) is 0 Å². The van der Waals surface area contributed by atoms with Crippen molar-refractivity contribution in [2.45, 2.75) is 39.9 Å². The van der Waals surface area contributed by atoms with Gasteiger partial charge in [-0.15, -0.1) is 0 Å². The lowest BCUT2D eigenvalue weighted by Gasteiger charge is -2.10. The van der Waals surface area contributed by atoms with E-state index >= 15 is 0 Å². The summed E-state index contributed by atoms with van der Waals surface area (Å²) in [5, 5.41) is 1.10. The molecule has 1 aromatic heterocycles. The van der Waals surface area contributed by atoms with E-state index in [9.17, 15) is 0 Å². The van der Waals surface area contributed by atoms with Crippen LogP contribution in [0.4, 0.5) is 0 Å². The van der Waals surface area contributed by atoms with Gasteiger partial charge in [0.05, 0.1) is 18.5 Å². The zero-order valence-corrected chi connectivity index (χ0v) is 17.3. The minimum Gasteiger partial charge on any atom is -0.491 e. The first-order valence-electron chi connectivity index (χ1n) is 10.0. The molecule has 0 aliphatic heterocycles. The van der Waals surface area contributed by atoms with Crippen LogP contribution in [0.5, 0.6) is 11.5 Å². The quantitative estimate of drug-likeness (QED) is 0.347. The molecule has 1 heterocycles. The second kappa shape index (κ2) is 8.04. The van der Waals surface area contributed by atoms with Crippen LogP contribution in [0.25, 0.3) is 33.2 Å². The minimum atomic E-state index is 0.162. The monoisotopic (exact) mass is 386 g/mol. The smallest absolute Gasteiger partial charge is 0.134 e. The lowest BCUT2D eigenvalue weighted by molar-refractivity contribution is 0.242. The molecule has 3 nitrogen and oxygen atoms in total. The van der Waals surface area contributed by atoms with E-state index in [1.165, 1.54) is 0 Å². The minimum absolute atomic E-state index is 0.162. The third-order valence-electron chi connectivity index (χ3n) is 4.67. The lowest BCUT2D eigenvalue weighted by Crippen LogP contribution is -2.05. The molecule has 148 valence electrons. The second-order valence-corrected chi connectivity index (χ2v) is 7.74. The molecule has 0 saturated heterocycles. The molecule has 0 amide bonds. The highest BCUT2D eigenvalue weighted by Gasteiger charge is 2.11. The maximum absolute atomic E-state index is 5.80. The third-order valence-corrected chi connectivity index (χ3v) is 4.67. The second-order valence-electron chi connectivity index (χ2n) is 7.74. The van der Waals surface area contributed by atoms with E-state index in [-0.39, 0.29) is 12.2 Å². The van der Waals surface area contributed by atoms with E-state index in [2.05, 4.69) is 36.4 Å². The van der Waals surface area contributed by atoms with Crippen molar-refractivity contribution in [2.24, 2.45) is 0 Å². The molecule has 0 fully saturated rings. The van der Waals surface area contributed by atoms with Gasteiger partial charge < -0.3 is 13.9 Å². The van der Waals surface area contributed by atoms with Crippen molar-refractivity contribution in [2.75, 3.05) is 0 Å². The molecule has 29 heavy (non-hydrogen) atoms. The predicted molar refractivity (Wildman–Crippen MR) is 119 cm³/mol. The fourth-order valence-corrected chi connectivity index (χ4v) is 3.42. The normalized spacial score (nSPS) is 11.4. The van der Waals surface area contributed by atoms with Gasteiger partial charge in [0.1, 0.15) is 17.1 Å². The summed E-state index contributed by atoms with van der Waals surface area (Å²) in [6.45, 7) is 8.12. The zero-order chi connectivity index (χ0) is 20.4. The van der Waals surface area contributed by atoms with E-state index in [4.69, 9.17) is 13.9 Å². The Hall–Kier alpha value is -3.20. The molecule has 0 aliphatic rings. The zero-order valence-electron chi connectivity index (χ0n) is 17.3. The summed E-state index contributed by atoms with van der Waals surface area (Å²) in [6.07, 6.45) is 2.16. The highest BCUT2D eigenvalue weighted by Crippen LogP contribution is 2.35. The van der Waals surface area contributed by atoms with Crippen molar-refractivity contribution in [3.05, 3.63) is 73.0 Å². The predicted octanol–water partition coefficient (Wildman–Crippen LogP) is 7.34. The van der Waals surface area contributed by atoms with Crippen molar-refractivity contribution in [1.29, 1.82) is 0 Å². The topological polar surface area (TPSA) is 31.6 Å². The first kappa shape index (κ1) is 19.1. The van der Waals surface area contributed by atoms with Crippen molar-refractivity contribution in [1.82, 2.24) is 0 Å². The first-order chi connectivity index (χ1) is 14.0. The SMILES string of the molecule is CC(C)Oc1ccc(-c2ccc3occ(-c4ccc(OC(C)C)cc4)c3c2)cc1. The maximum Gasteiger partial charge on any atom is 0.134 e. The summed E-state index contributed by atoms with van der Waals surface area (Å²) in [5.41, 5.74) is 5.37. The number of rotatable bonds is 6. The summed E-state index contributed by atoms with van der Waals surface area (Å²) in [6, 6.07) is 22.7. The first-order valence-corrected chi connectivity index (χ1v) is 10.0. The molecule has 0 spiro atoms. The average Bonchev–Trinajstić information content (AvgIpc) is 3.11. The molecule has 0 bridgehead atoms. The Bertz CT molecular complexity index is 1090. The van der Waals surface area contributed by atoms with Crippen molar-refractivity contribution in [3.8, 4) is 33.8 Å². The summed E-state index contributed by atoms with van der Waals surface area (Å²) in [5.74, 6) is 1.76. The summed E-state index contributed by atoms with van der Waals surface area (Å²) in [4.78, 5) is 0. The number of hydrogen-bond acceptors (Lipinski definition) is 3. The molecule has 3 aromatic carbocycles. The van der Waals surface area contributed by atoms with E-state index in [1.807, 2.05) is 64.3 Å². The molecule has 4 rings (SSSR count). The molecule has 4 aromatic rings. The summed E-state index contributed by atoms with van der Waals surface area (Å²) >= 11 is 0. The van der Waals surface area contributed by atoms with E-state index in [0.29, 0.717) is 0 Å². The van der Waals surface area contributed by atoms with Crippen LogP contribution in [-0.4, -0.2) is 12.2 Å². The average molecular weight is 386 g/mol. The Labute approximate surface area is 171 Å². The van der Waals surface area contributed by atoms with E-state index in [1.54, 1.807) is 0 Å². The number of hydrogen-bond donors (Lipinski definition) is 0. The van der Waals surface area contributed by atoms with Gasteiger partial charge in [-0.1, -0.05) is 30.3 Å². The lowest BCUT2D eigenvalue weighted by atomic mass is 10.00. The van der Waals surface area contributed by atoms with Crippen LogP contribution in [0, 0.1) is 0 Å². The van der Waals surface area contributed by atoms with Gasteiger partial charge in [-0.3, -0.25) is 0 Å². The summed E-state index contributed by atoms with van der Waals surface area (Å²) < 4.78 is 17.3. The molecular formula is C26H26O3. The van der Waals surface area contributed by atoms with Gasteiger partial charge in [0.15, 0.2) is 0 Å². The van der Waals surface area contributed by atoms with Crippen LogP contribution >= 0.6 is 0 Å². The standard InChI is InChI=1S/C26H26O3/c1-17(2)28-22-10-5-19(6-11-22)21-9-14-26-24(15-21)25(16-27-26)20-7-12-23(13-8-20)29-18(3)4/h5-18H,1-4H3. The summed E-state index contributed by atoms with van der Waals surface area (Å²) in [7, 11) is 0. The number of fused-ring (bicyclic) bond motifs is 1. The van der Waals surface area contributed by atoms with Crippen molar-refractivity contribution >= 4 is 11.0 Å². The molecular weight excluding hydrogens is 360 g/mol. The Morgan fingerprint density at radius 3 is 1.69 bits per heavy atom. The Balaban J connectivity index is 1.66. The molecule has 0 unspecified atom stereocenters. The fraction of sp³-hybridized carbons (Fsp3) is 0.231. The highest BCUT2D eigenvalue weighted by atomic mass is 16.5. The molecule has 0 aliphatic carbocycles. The Morgan fingerprint density at radius 1 is 0.621 bits per heavy atom. The van der Waals surface area contributed by atoms with Crippen LogP contribution < -0.4 is 9.47 Å². The van der Waals surface area contributed by atoms with Crippen LogP contribution in [0.1, 0.15) is 27.7 Å². The van der Waals surface area contributed by atoms with Crippen LogP contribution in [-0.2, 0) is 0 Å². The van der Waals surface area contributed by atoms with Gasteiger partial charge >= 0.3 is 0 Å². The molecule has 0 N–H and O–H groups in total. The number of benzene rings is 3. The van der Waals surface area contributed by atoms with E-state index < -0.39 is 0 Å². The van der Waals surface area contributed by atoms with Gasteiger partial charge in [-0.25, -0.2) is 0 Å². The van der Waals surface area contributed by atoms with Crippen LogP contribution in [0.3, 0.4) is 0 Å². The molecule has 0 atom stereocenters. The molecule has 3 heteroatoms. The van der Waals surface area contributed by atoms with Crippen LogP contribution in [0.2, 0.25) is 0 Å². The molecule has 0 radical (unpaired) electrons. The third kappa shape index (κ3) is 4.29. The van der Waals surface area contributed by atoms with Gasteiger partial charge in [-0.05, 0) is 80.8 Å². The largest absolute Gasteiger partial charge is 0.491 e. The van der Waals surface area contributed by atoms with Gasteiger partial charge in [0, 0.05) is 10.9 Å². The van der Waals surface area contributed by atoms with Gasteiger partial charge in [0.25, 0.3) is 0 Å². The van der Waals surface area contributed by atoms with Crippen LogP contribution in [0.15, 0.2) is 77.4 Å². The van der Waals surface area contributed by atoms with Gasteiger partial charge in [0.2, 0.25) is 0 Å². The molecule has 0 saturated carbocycles. The highest BCUT2D eigenvalue weighted by molar-refractivity contribution is 5.96. The van der Waals surface area contributed by atoms with Crippen molar-refractivity contribution in [3.63, 3.8) is 0 Å².